The predicted octanol–water partition coefficient (Wildman–Crippen LogP) is 2.62. The normalized spacial score (nSPS) is 17.3. The topological polar surface area (TPSA) is 90.8 Å². The van der Waals surface area contributed by atoms with Crippen LogP contribution >= 0.6 is 0 Å². The summed E-state index contributed by atoms with van der Waals surface area (Å²) in [7, 11) is -3.02. The highest BCUT2D eigenvalue weighted by Crippen LogP contribution is 2.38. The van der Waals surface area contributed by atoms with Crippen LogP contribution < -0.4 is 10.6 Å². The highest BCUT2D eigenvalue weighted by Gasteiger charge is 2.31. The predicted molar refractivity (Wildman–Crippen MR) is 115 cm³/mol. The molecule has 158 valence electrons. The zero-order chi connectivity index (χ0) is 20.5. The summed E-state index contributed by atoms with van der Waals surface area (Å²) in [4.78, 5) is 4.68. The number of nitrogens with one attached hydrogen (secondary N) is 2. The number of aliphatic hydroxyl groups excluding tert-OH is 1. The Morgan fingerprint density at radius 2 is 1.75 bits per heavy atom. The third-order valence-electron chi connectivity index (χ3n) is 5.40. The third kappa shape index (κ3) is 7.80. The van der Waals surface area contributed by atoms with E-state index in [-0.39, 0.29) is 17.8 Å². The van der Waals surface area contributed by atoms with Crippen LogP contribution in [0, 0.1) is 5.41 Å². The molecule has 1 aliphatic carbocycles. The van der Waals surface area contributed by atoms with Crippen molar-refractivity contribution in [1.29, 1.82) is 0 Å². The summed E-state index contributed by atoms with van der Waals surface area (Å²) >= 11 is 0. The largest absolute Gasteiger partial charge is 0.396 e. The Balaban J connectivity index is 1.97. The molecule has 1 aromatic carbocycles. The van der Waals surface area contributed by atoms with Crippen LogP contribution in [-0.2, 0) is 22.1 Å². The van der Waals surface area contributed by atoms with Crippen molar-refractivity contribution in [2.45, 2.75) is 57.7 Å². The average molecular weight is 410 g/mol. The second-order valence-corrected chi connectivity index (χ2v) is 10.1. The third-order valence-corrected chi connectivity index (χ3v) is 6.26. The molecule has 1 fully saturated rings. The van der Waals surface area contributed by atoms with Gasteiger partial charge in [-0.3, -0.25) is 0 Å². The molecular weight excluding hydrogens is 374 g/mol. The Kier molecular flexibility index (Phi) is 8.76. The van der Waals surface area contributed by atoms with Crippen LogP contribution in [0.25, 0.3) is 0 Å². The first kappa shape index (κ1) is 22.7. The van der Waals surface area contributed by atoms with Gasteiger partial charge in [-0.1, -0.05) is 43.5 Å². The van der Waals surface area contributed by atoms with Gasteiger partial charge in [0.15, 0.2) is 15.8 Å². The SMILES string of the molecule is CCNC(=NCc1ccc(CS(C)(=O)=O)cc1)NCC1(CCO)CCCCC1. The number of hydrogen-bond donors (Lipinski definition) is 3. The molecule has 0 unspecified atom stereocenters. The van der Waals surface area contributed by atoms with Gasteiger partial charge < -0.3 is 15.7 Å². The Bertz CT molecular complexity index is 718. The van der Waals surface area contributed by atoms with Crippen LogP contribution in [0.3, 0.4) is 0 Å². The fourth-order valence-electron chi connectivity index (χ4n) is 3.88. The van der Waals surface area contributed by atoms with Gasteiger partial charge in [-0.2, -0.15) is 0 Å². The number of rotatable bonds is 9. The molecule has 0 aromatic heterocycles. The van der Waals surface area contributed by atoms with E-state index >= 15 is 0 Å². The van der Waals surface area contributed by atoms with E-state index in [0.717, 1.165) is 49.4 Å². The van der Waals surface area contributed by atoms with Gasteiger partial charge >= 0.3 is 0 Å². The molecular formula is C21H35N3O3S. The molecule has 0 spiro atoms. The van der Waals surface area contributed by atoms with Gasteiger partial charge in [0.1, 0.15) is 0 Å². The summed E-state index contributed by atoms with van der Waals surface area (Å²) in [6, 6.07) is 7.57. The van der Waals surface area contributed by atoms with E-state index in [1.807, 2.05) is 31.2 Å². The van der Waals surface area contributed by atoms with Crippen LogP contribution in [0.2, 0.25) is 0 Å². The minimum absolute atomic E-state index is 0.0632. The molecule has 0 radical (unpaired) electrons. The van der Waals surface area contributed by atoms with Gasteiger partial charge in [0.25, 0.3) is 0 Å². The molecule has 0 heterocycles. The number of sulfone groups is 1. The summed E-state index contributed by atoms with van der Waals surface area (Å²) in [6.45, 7) is 4.41. The summed E-state index contributed by atoms with van der Waals surface area (Å²) in [5.41, 5.74) is 2.00. The average Bonchev–Trinajstić information content (AvgIpc) is 2.65. The Morgan fingerprint density at radius 3 is 2.32 bits per heavy atom. The van der Waals surface area contributed by atoms with E-state index in [1.54, 1.807) is 0 Å². The molecule has 1 aromatic rings. The van der Waals surface area contributed by atoms with Crippen LogP contribution in [0.1, 0.15) is 56.6 Å². The monoisotopic (exact) mass is 409 g/mol. The van der Waals surface area contributed by atoms with Gasteiger partial charge in [0.05, 0.1) is 12.3 Å². The first-order valence-electron chi connectivity index (χ1n) is 10.2. The number of guanidine groups is 1. The Labute approximate surface area is 169 Å². The minimum atomic E-state index is -3.02. The van der Waals surface area contributed by atoms with Crippen molar-refractivity contribution in [3.63, 3.8) is 0 Å². The summed E-state index contributed by atoms with van der Waals surface area (Å²) in [5, 5.41) is 16.3. The summed E-state index contributed by atoms with van der Waals surface area (Å²) in [6.07, 6.45) is 8.14. The van der Waals surface area contributed by atoms with E-state index < -0.39 is 9.84 Å². The molecule has 0 atom stereocenters. The fraction of sp³-hybridized carbons (Fsp3) is 0.667. The van der Waals surface area contributed by atoms with Crippen molar-refractivity contribution < 1.29 is 13.5 Å². The van der Waals surface area contributed by atoms with Crippen molar-refractivity contribution in [3.8, 4) is 0 Å². The maximum absolute atomic E-state index is 11.4. The van der Waals surface area contributed by atoms with Crippen molar-refractivity contribution in [3.05, 3.63) is 35.4 Å². The van der Waals surface area contributed by atoms with Gasteiger partial charge in [-0.05, 0) is 42.7 Å². The summed E-state index contributed by atoms with van der Waals surface area (Å²) < 4.78 is 22.8. The second-order valence-electron chi connectivity index (χ2n) is 7.97. The maximum atomic E-state index is 11.4. The zero-order valence-electron chi connectivity index (χ0n) is 17.2. The highest BCUT2D eigenvalue weighted by molar-refractivity contribution is 7.89. The van der Waals surface area contributed by atoms with E-state index in [4.69, 9.17) is 0 Å². The smallest absolute Gasteiger partial charge is 0.191 e. The molecule has 6 nitrogen and oxygen atoms in total. The zero-order valence-corrected chi connectivity index (χ0v) is 18.0. The number of aliphatic imine (C=N–C) groups is 1. The van der Waals surface area contributed by atoms with Crippen molar-refractivity contribution in [2.24, 2.45) is 10.4 Å². The number of aliphatic hydroxyl groups is 1. The van der Waals surface area contributed by atoms with Gasteiger partial charge in [0.2, 0.25) is 0 Å². The lowest BCUT2D eigenvalue weighted by atomic mass is 9.72. The Morgan fingerprint density at radius 1 is 1.11 bits per heavy atom. The van der Waals surface area contributed by atoms with E-state index in [2.05, 4.69) is 15.6 Å². The molecule has 28 heavy (non-hydrogen) atoms. The second kappa shape index (κ2) is 10.8. The molecule has 1 saturated carbocycles. The molecule has 3 N–H and O–H groups in total. The lowest BCUT2D eigenvalue weighted by molar-refractivity contribution is 0.131. The minimum Gasteiger partial charge on any atom is -0.396 e. The first-order chi connectivity index (χ1) is 13.4. The number of nitrogens with zero attached hydrogens (tertiary/aromatic N) is 1. The Hall–Kier alpha value is -1.60. The lowest BCUT2D eigenvalue weighted by Gasteiger charge is -2.37. The van der Waals surface area contributed by atoms with E-state index in [0.29, 0.717) is 6.54 Å². The number of hydrogen-bond acceptors (Lipinski definition) is 4. The van der Waals surface area contributed by atoms with Crippen molar-refractivity contribution >= 4 is 15.8 Å². The molecule has 0 bridgehead atoms. The van der Waals surface area contributed by atoms with Crippen LogP contribution in [0.4, 0.5) is 0 Å². The van der Waals surface area contributed by atoms with Crippen LogP contribution in [0.5, 0.6) is 0 Å². The molecule has 1 aliphatic rings. The van der Waals surface area contributed by atoms with E-state index in [9.17, 15) is 13.5 Å². The summed E-state index contributed by atoms with van der Waals surface area (Å²) in [5.74, 6) is 0.846. The first-order valence-corrected chi connectivity index (χ1v) is 12.3. The lowest BCUT2D eigenvalue weighted by Crippen LogP contribution is -2.44. The van der Waals surface area contributed by atoms with Gasteiger partial charge in [-0.15, -0.1) is 0 Å². The van der Waals surface area contributed by atoms with Crippen LogP contribution in [0.15, 0.2) is 29.3 Å². The van der Waals surface area contributed by atoms with Crippen molar-refractivity contribution in [1.82, 2.24) is 10.6 Å². The van der Waals surface area contributed by atoms with E-state index in [1.165, 1.54) is 25.5 Å². The molecule has 0 aliphatic heterocycles. The van der Waals surface area contributed by atoms with Gasteiger partial charge in [0, 0.05) is 26.0 Å². The van der Waals surface area contributed by atoms with Crippen LogP contribution in [-0.4, -0.2) is 45.4 Å². The quantitative estimate of drug-likeness (QED) is 0.431. The number of benzene rings is 1. The fourth-order valence-corrected chi connectivity index (χ4v) is 4.68. The molecule has 0 amide bonds. The standard InChI is InChI=1S/C21H35N3O3S/c1-3-22-20(24-17-21(13-14-25)11-5-4-6-12-21)23-15-18-7-9-19(10-8-18)16-28(2,26)27/h7-10,25H,3-6,11-17H2,1-2H3,(H2,22,23,24). The van der Waals surface area contributed by atoms with Gasteiger partial charge in [-0.25, -0.2) is 13.4 Å². The maximum Gasteiger partial charge on any atom is 0.191 e. The highest BCUT2D eigenvalue weighted by atomic mass is 32.2. The van der Waals surface area contributed by atoms with Crippen molar-refractivity contribution in [2.75, 3.05) is 26.0 Å². The molecule has 7 heteroatoms. The molecule has 2 rings (SSSR count). The molecule has 0 saturated heterocycles.